The molecule has 1 aromatic rings. The van der Waals surface area contributed by atoms with Crippen LogP contribution in [0.25, 0.3) is 0 Å². The summed E-state index contributed by atoms with van der Waals surface area (Å²) in [6, 6.07) is 7.22. The van der Waals surface area contributed by atoms with Crippen LogP contribution in [-0.4, -0.2) is 66.1 Å². The molecule has 164 valence electrons. The van der Waals surface area contributed by atoms with Gasteiger partial charge in [-0.2, -0.15) is 0 Å². The molecule has 3 rings (SSSR count). The third-order valence-electron chi connectivity index (χ3n) is 4.67. The summed E-state index contributed by atoms with van der Waals surface area (Å²) in [6.45, 7) is 0.267. The third kappa shape index (κ3) is 5.01. The van der Waals surface area contributed by atoms with Gasteiger partial charge in [0.05, 0.1) is 15.8 Å². The Labute approximate surface area is 185 Å². The second-order valence-corrected chi connectivity index (χ2v) is 8.71. The molecule has 0 radical (unpaired) electrons. The van der Waals surface area contributed by atoms with Crippen LogP contribution < -0.4 is 9.64 Å². The van der Waals surface area contributed by atoms with Gasteiger partial charge in [0.2, 0.25) is 5.88 Å². The molecule has 1 fully saturated rings. The van der Waals surface area contributed by atoms with Gasteiger partial charge in [0.1, 0.15) is 5.57 Å². The van der Waals surface area contributed by atoms with Crippen LogP contribution >= 0.6 is 12.2 Å². The van der Waals surface area contributed by atoms with Crippen molar-refractivity contribution < 1.29 is 27.3 Å². The number of anilines is 1. The van der Waals surface area contributed by atoms with Gasteiger partial charge in [0, 0.05) is 26.4 Å². The average molecular weight is 463 g/mol. The first-order chi connectivity index (χ1) is 14.6. The summed E-state index contributed by atoms with van der Waals surface area (Å²) in [4.78, 5) is 28.8. The molecule has 31 heavy (non-hydrogen) atoms. The molecule has 2 aliphatic rings. The number of ether oxygens (including phenoxy) is 1. The van der Waals surface area contributed by atoms with Gasteiger partial charge in [0.25, 0.3) is 11.8 Å². The molecule has 2 heterocycles. The maximum Gasteiger partial charge on any atom is 0.265 e. The van der Waals surface area contributed by atoms with Crippen LogP contribution in [0.5, 0.6) is 5.75 Å². The fourth-order valence-corrected chi connectivity index (χ4v) is 3.74. The fraction of sp³-hybridized carbons (Fsp3) is 0.250. The number of para-hydroxylation sites is 2. The Morgan fingerprint density at radius 2 is 1.68 bits per heavy atom. The quantitative estimate of drug-likeness (QED) is 0.270. The van der Waals surface area contributed by atoms with Crippen molar-refractivity contribution in [1.29, 1.82) is 0 Å². The van der Waals surface area contributed by atoms with Crippen molar-refractivity contribution in [3.05, 3.63) is 60.0 Å². The second-order valence-electron chi connectivity index (χ2n) is 6.82. The zero-order chi connectivity index (χ0) is 22.8. The molecule has 0 saturated carbocycles. The predicted molar refractivity (Wildman–Crippen MR) is 117 cm³/mol. The molecular formula is C20H20N3O6S2-. The number of nitrogens with zero attached hydrogens (tertiary/aromatic N) is 3. The van der Waals surface area contributed by atoms with Crippen LogP contribution in [-0.2, 0) is 19.7 Å². The minimum Gasteiger partial charge on any atom is -0.748 e. The number of thiocarbonyl (C=S) groups is 1. The maximum absolute atomic E-state index is 12.3. The summed E-state index contributed by atoms with van der Waals surface area (Å²) < 4.78 is 38.5. The molecule has 11 heteroatoms. The summed E-state index contributed by atoms with van der Waals surface area (Å²) in [6.07, 6.45) is 6.28. The first-order valence-corrected chi connectivity index (χ1v) is 11.3. The number of rotatable bonds is 6. The Kier molecular flexibility index (Phi) is 6.58. The van der Waals surface area contributed by atoms with Crippen LogP contribution in [0.3, 0.4) is 0 Å². The third-order valence-corrected chi connectivity index (χ3v) is 6.01. The van der Waals surface area contributed by atoms with Gasteiger partial charge in [-0.3, -0.25) is 19.4 Å². The zero-order valence-electron chi connectivity index (χ0n) is 16.8. The number of allylic oxidation sites excluding steroid dienone is 4. The summed E-state index contributed by atoms with van der Waals surface area (Å²) in [7, 11) is -1.31. The molecule has 1 saturated heterocycles. The van der Waals surface area contributed by atoms with E-state index in [0.717, 1.165) is 5.69 Å². The van der Waals surface area contributed by atoms with Crippen molar-refractivity contribution in [2.45, 2.75) is 6.42 Å². The van der Waals surface area contributed by atoms with Gasteiger partial charge in [-0.1, -0.05) is 24.3 Å². The topological polar surface area (TPSA) is 110 Å². The molecule has 0 atom stereocenters. The Hall–Kier alpha value is -3.02. The van der Waals surface area contributed by atoms with E-state index in [2.05, 4.69) is 0 Å². The minimum absolute atomic E-state index is 0.0265. The van der Waals surface area contributed by atoms with Gasteiger partial charge >= 0.3 is 0 Å². The largest absolute Gasteiger partial charge is 0.748 e. The predicted octanol–water partition coefficient (Wildman–Crippen LogP) is 1.36. The van der Waals surface area contributed by atoms with Crippen LogP contribution in [0.2, 0.25) is 0 Å². The number of carbonyl (C=O) groups excluding carboxylic acids is 2. The number of benzene rings is 1. The van der Waals surface area contributed by atoms with E-state index in [9.17, 15) is 22.6 Å². The van der Waals surface area contributed by atoms with Crippen molar-refractivity contribution >= 4 is 45.0 Å². The van der Waals surface area contributed by atoms with Crippen molar-refractivity contribution in [2.24, 2.45) is 0 Å². The van der Waals surface area contributed by atoms with Crippen LogP contribution in [0.15, 0.2) is 60.0 Å². The monoisotopic (exact) mass is 462 g/mol. The van der Waals surface area contributed by atoms with Crippen LogP contribution in [0, 0.1) is 0 Å². The lowest BCUT2D eigenvalue weighted by atomic mass is 10.1. The molecule has 9 nitrogen and oxygen atoms in total. The maximum atomic E-state index is 12.3. The van der Waals surface area contributed by atoms with Gasteiger partial charge < -0.3 is 14.2 Å². The van der Waals surface area contributed by atoms with Crippen molar-refractivity contribution in [3.8, 4) is 5.75 Å². The molecule has 0 spiro atoms. The molecule has 0 unspecified atom stereocenters. The molecule has 0 aliphatic carbocycles. The van der Waals surface area contributed by atoms with Crippen molar-refractivity contribution in [2.75, 3.05) is 31.3 Å². The van der Waals surface area contributed by atoms with Gasteiger partial charge in [-0.15, -0.1) is 0 Å². The summed E-state index contributed by atoms with van der Waals surface area (Å²) in [5.74, 6) is -0.435. The van der Waals surface area contributed by atoms with E-state index in [0.29, 0.717) is 11.6 Å². The van der Waals surface area contributed by atoms with E-state index in [1.54, 1.807) is 29.2 Å². The van der Waals surface area contributed by atoms with E-state index < -0.39 is 27.7 Å². The molecule has 1 aromatic carbocycles. The molecule has 2 aliphatic heterocycles. The highest BCUT2D eigenvalue weighted by Crippen LogP contribution is 2.38. The van der Waals surface area contributed by atoms with E-state index >= 15 is 0 Å². The van der Waals surface area contributed by atoms with Crippen molar-refractivity contribution in [3.63, 3.8) is 0 Å². The first-order valence-electron chi connectivity index (χ1n) is 9.27. The standard InChI is InChI=1S/C20H21N3O6S2/c1-21-18(24)14(19(25)22(2)20(21)30)8-3-6-11-17-23(12-7-13-31(26,27)28)15-9-4-5-10-16(15)29-17/h3-6,8-11H,7,12-13H2,1-2H3,(H,26,27,28)/p-1/b6-3+,17-11+. The highest BCUT2D eigenvalue weighted by Gasteiger charge is 2.34. The SMILES string of the molecule is CN1C(=O)C(=C/C=C/C=C2/Oc3ccccc3N2CCCS(=O)(=O)[O-])C(=O)N(C)C1=S. The lowest BCUT2D eigenvalue weighted by Crippen LogP contribution is -2.52. The molecule has 0 bridgehead atoms. The average Bonchev–Trinajstić information content (AvgIpc) is 3.07. The fourth-order valence-electron chi connectivity index (χ4n) is 3.09. The first kappa shape index (κ1) is 22.7. The zero-order valence-corrected chi connectivity index (χ0v) is 18.5. The van der Waals surface area contributed by atoms with Gasteiger partial charge in [-0.05, 0) is 42.9 Å². The number of hydrogen-bond donors (Lipinski definition) is 0. The van der Waals surface area contributed by atoms with E-state index in [-0.39, 0.29) is 23.7 Å². The number of amides is 2. The highest BCUT2D eigenvalue weighted by molar-refractivity contribution is 7.85. The minimum atomic E-state index is -4.31. The molecule has 2 amide bonds. The van der Waals surface area contributed by atoms with Gasteiger partial charge in [-0.25, -0.2) is 8.42 Å². The number of fused-ring (bicyclic) bond motifs is 1. The normalized spacial score (nSPS) is 18.3. The number of carbonyl (C=O) groups is 2. The van der Waals surface area contributed by atoms with Crippen LogP contribution in [0.1, 0.15) is 6.42 Å². The van der Waals surface area contributed by atoms with E-state index in [1.165, 1.54) is 36.0 Å². The molecular weight excluding hydrogens is 442 g/mol. The van der Waals surface area contributed by atoms with E-state index in [4.69, 9.17) is 17.0 Å². The second kappa shape index (κ2) is 9.00. The Morgan fingerprint density at radius 3 is 2.32 bits per heavy atom. The lowest BCUT2D eigenvalue weighted by molar-refractivity contribution is -0.132. The molecule has 0 aromatic heterocycles. The highest BCUT2D eigenvalue weighted by atomic mass is 32.2. The smallest absolute Gasteiger partial charge is 0.265 e. The summed E-state index contributed by atoms with van der Waals surface area (Å²) in [5, 5.41) is 0.131. The number of likely N-dealkylation sites (N-methyl/N-ethyl adjacent to an activating group) is 2. The number of hydrogen-bond acceptors (Lipinski definition) is 8. The van der Waals surface area contributed by atoms with E-state index in [1.807, 2.05) is 12.1 Å². The summed E-state index contributed by atoms with van der Waals surface area (Å²) >= 11 is 5.05. The Bertz CT molecular complexity index is 1100. The lowest BCUT2D eigenvalue weighted by Gasteiger charge is -2.31. The summed E-state index contributed by atoms with van der Waals surface area (Å²) in [5.41, 5.74) is 0.722. The molecule has 0 N–H and O–H groups in total. The van der Waals surface area contributed by atoms with Crippen molar-refractivity contribution in [1.82, 2.24) is 9.80 Å². The Morgan fingerprint density at radius 1 is 1.06 bits per heavy atom. The van der Waals surface area contributed by atoms with Gasteiger partial charge in [0.15, 0.2) is 10.9 Å². The van der Waals surface area contributed by atoms with Crippen LogP contribution in [0.4, 0.5) is 5.69 Å². The Balaban J connectivity index is 1.79.